The molecule has 0 aliphatic rings. The predicted molar refractivity (Wildman–Crippen MR) is 87.8 cm³/mol. The number of rotatable bonds is 4. The van der Waals surface area contributed by atoms with Crippen LogP contribution in [0.4, 0.5) is 0 Å². The SMILES string of the molecule is CCc1ccc(/C(=C/c2ccc(Cl)cc2Cl)C(=O)O)cc1. The molecular weight excluding hydrogens is 307 g/mol. The van der Waals surface area contributed by atoms with Crippen molar-refractivity contribution in [2.75, 3.05) is 0 Å². The van der Waals surface area contributed by atoms with Crippen LogP contribution in [0.5, 0.6) is 0 Å². The molecule has 0 saturated heterocycles. The molecule has 0 amide bonds. The van der Waals surface area contributed by atoms with E-state index in [0.29, 0.717) is 21.2 Å². The van der Waals surface area contributed by atoms with Crippen molar-refractivity contribution in [3.8, 4) is 0 Å². The van der Waals surface area contributed by atoms with Crippen molar-refractivity contribution in [1.82, 2.24) is 0 Å². The Hall–Kier alpha value is -1.77. The standard InChI is InChI=1S/C17H14Cl2O2/c1-2-11-3-5-12(6-4-11)15(17(20)21)9-13-7-8-14(18)10-16(13)19/h3-10H,2H2,1H3,(H,20,21)/b15-9-. The fourth-order valence-corrected chi connectivity index (χ4v) is 2.43. The Kier molecular flexibility index (Phi) is 5.05. The molecule has 0 saturated carbocycles. The van der Waals surface area contributed by atoms with Crippen molar-refractivity contribution >= 4 is 40.8 Å². The fraction of sp³-hybridized carbons (Fsp3) is 0.118. The lowest BCUT2D eigenvalue weighted by Crippen LogP contribution is -2.00. The summed E-state index contributed by atoms with van der Waals surface area (Å²) in [5.41, 5.74) is 2.62. The zero-order valence-corrected chi connectivity index (χ0v) is 12.9. The smallest absolute Gasteiger partial charge is 0.336 e. The van der Waals surface area contributed by atoms with Crippen LogP contribution in [-0.2, 0) is 11.2 Å². The maximum absolute atomic E-state index is 11.5. The van der Waals surface area contributed by atoms with Crippen molar-refractivity contribution in [3.05, 3.63) is 69.2 Å². The number of hydrogen-bond donors (Lipinski definition) is 1. The van der Waals surface area contributed by atoms with E-state index in [-0.39, 0.29) is 5.57 Å². The molecule has 0 bridgehead atoms. The normalized spacial score (nSPS) is 11.5. The van der Waals surface area contributed by atoms with Gasteiger partial charge in [0.25, 0.3) is 0 Å². The highest BCUT2D eigenvalue weighted by Crippen LogP contribution is 2.26. The van der Waals surface area contributed by atoms with Gasteiger partial charge >= 0.3 is 5.97 Å². The highest BCUT2D eigenvalue weighted by atomic mass is 35.5. The monoisotopic (exact) mass is 320 g/mol. The van der Waals surface area contributed by atoms with E-state index < -0.39 is 5.97 Å². The first-order valence-corrected chi connectivity index (χ1v) is 7.26. The van der Waals surface area contributed by atoms with Gasteiger partial charge in [0.15, 0.2) is 0 Å². The van der Waals surface area contributed by atoms with E-state index in [2.05, 4.69) is 6.92 Å². The number of benzene rings is 2. The summed E-state index contributed by atoms with van der Waals surface area (Å²) in [5, 5.41) is 10.4. The largest absolute Gasteiger partial charge is 0.478 e. The van der Waals surface area contributed by atoms with Crippen molar-refractivity contribution in [3.63, 3.8) is 0 Å². The first-order valence-electron chi connectivity index (χ1n) is 6.50. The summed E-state index contributed by atoms with van der Waals surface area (Å²) in [6.45, 7) is 2.05. The molecule has 0 aliphatic carbocycles. The number of hydrogen-bond acceptors (Lipinski definition) is 1. The van der Waals surface area contributed by atoms with Gasteiger partial charge in [0, 0.05) is 10.0 Å². The molecule has 0 atom stereocenters. The molecule has 0 radical (unpaired) electrons. The quantitative estimate of drug-likeness (QED) is 0.622. The molecule has 2 aromatic rings. The third-order valence-electron chi connectivity index (χ3n) is 3.17. The van der Waals surface area contributed by atoms with Gasteiger partial charge in [0.1, 0.15) is 0 Å². The third-order valence-corrected chi connectivity index (χ3v) is 3.73. The van der Waals surface area contributed by atoms with E-state index in [1.165, 1.54) is 0 Å². The lowest BCUT2D eigenvalue weighted by molar-refractivity contribution is -0.130. The summed E-state index contributed by atoms with van der Waals surface area (Å²) in [6.07, 6.45) is 2.47. The van der Waals surface area contributed by atoms with Gasteiger partial charge in [-0.05, 0) is 41.3 Å². The van der Waals surface area contributed by atoms with Crippen LogP contribution in [0.2, 0.25) is 10.0 Å². The van der Waals surface area contributed by atoms with Crippen LogP contribution in [0.1, 0.15) is 23.6 Å². The summed E-state index contributed by atoms with van der Waals surface area (Å²) < 4.78 is 0. The van der Waals surface area contributed by atoms with Crippen LogP contribution in [-0.4, -0.2) is 11.1 Å². The average Bonchev–Trinajstić information content (AvgIpc) is 2.46. The van der Waals surface area contributed by atoms with E-state index in [4.69, 9.17) is 23.2 Å². The average molecular weight is 321 g/mol. The number of carboxylic acid groups (broad SMARTS) is 1. The van der Waals surface area contributed by atoms with E-state index in [1.54, 1.807) is 24.3 Å². The van der Waals surface area contributed by atoms with Crippen molar-refractivity contribution in [2.45, 2.75) is 13.3 Å². The molecule has 0 fully saturated rings. The molecule has 0 aromatic heterocycles. The molecule has 108 valence electrons. The highest BCUT2D eigenvalue weighted by molar-refractivity contribution is 6.36. The van der Waals surface area contributed by atoms with Crippen molar-refractivity contribution in [2.24, 2.45) is 0 Å². The second kappa shape index (κ2) is 6.79. The molecular formula is C17H14Cl2O2. The molecule has 0 spiro atoms. The van der Waals surface area contributed by atoms with Crippen molar-refractivity contribution < 1.29 is 9.90 Å². The van der Waals surface area contributed by atoms with Crippen LogP contribution in [0, 0.1) is 0 Å². The summed E-state index contributed by atoms with van der Waals surface area (Å²) >= 11 is 11.9. The maximum atomic E-state index is 11.5. The first kappa shape index (κ1) is 15.6. The molecule has 4 heteroatoms. The first-order chi connectivity index (χ1) is 10.0. The van der Waals surface area contributed by atoms with E-state index in [9.17, 15) is 9.90 Å². The molecule has 0 unspecified atom stereocenters. The van der Waals surface area contributed by atoms with Gasteiger partial charge in [-0.15, -0.1) is 0 Å². The molecule has 21 heavy (non-hydrogen) atoms. The minimum atomic E-state index is -0.995. The van der Waals surface area contributed by atoms with Gasteiger partial charge in [-0.2, -0.15) is 0 Å². The number of aryl methyl sites for hydroxylation is 1. The summed E-state index contributed by atoms with van der Waals surface area (Å²) in [5.74, 6) is -0.995. The van der Waals surface area contributed by atoms with Crippen molar-refractivity contribution in [1.29, 1.82) is 0 Å². The molecule has 2 nitrogen and oxygen atoms in total. The predicted octanol–water partition coefficient (Wildman–Crippen LogP) is 5.18. The van der Waals surface area contributed by atoms with E-state index >= 15 is 0 Å². The molecule has 2 aromatic carbocycles. The maximum Gasteiger partial charge on any atom is 0.336 e. The summed E-state index contributed by atoms with van der Waals surface area (Å²) in [6, 6.07) is 12.4. The summed E-state index contributed by atoms with van der Waals surface area (Å²) in [7, 11) is 0. The molecule has 2 rings (SSSR count). The van der Waals surface area contributed by atoms with Gasteiger partial charge < -0.3 is 5.11 Å². The van der Waals surface area contributed by atoms with Crippen LogP contribution >= 0.6 is 23.2 Å². The Morgan fingerprint density at radius 1 is 1.14 bits per heavy atom. The minimum absolute atomic E-state index is 0.196. The van der Waals surface area contributed by atoms with Gasteiger partial charge in [-0.3, -0.25) is 0 Å². The van der Waals surface area contributed by atoms with Crippen LogP contribution in [0.15, 0.2) is 42.5 Å². The Bertz CT molecular complexity index is 688. The Balaban J connectivity index is 2.46. The molecule has 0 heterocycles. The lowest BCUT2D eigenvalue weighted by atomic mass is 10.0. The molecule has 0 aliphatic heterocycles. The number of carboxylic acids is 1. The van der Waals surface area contributed by atoms with Crippen LogP contribution < -0.4 is 0 Å². The van der Waals surface area contributed by atoms with Gasteiger partial charge in [0.2, 0.25) is 0 Å². The summed E-state index contributed by atoms with van der Waals surface area (Å²) in [4.78, 5) is 11.5. The Labute approximate surface area is 133 Å². The Morgan fingerprint density at radius 3 is 2.33 bits per heavy atom. The second-order valence-electron chi connectivity index (χ2n) is 4.58. The third kappa shape index (κ3) is 3.87. The van der Waals surface area contributed by atoms with E-state index in [0.717, 1.165) is 12.0 Å². The van der Waals surface area contributed by atoms with E-state index in [1.807, 2.05) is 24.3 Å². The zero-order valence-electron chi connectivity index (χ0n) is 11.4. The Morgan fingerprint density at radius 2 is 1.81 bits per heavy atom. The van der Waals surface area contributed by atoms with Gasteiger partial charge in [-0.25, -0.2) is 4.79 Å². The fourth-order valence-electron chi connectivity index (χ4n) is 1.96. The number of aliphatic carboxylic acids is 1. The minimum Gasteiger partial charge on any atom is -0.478 e. The number of halogens is 2. The van der Waals surface area contributed by atoms with Gasteiger partial charge in [-0.1, -0.05) is 60.5 Å². The highest BCUT2D eigenvalue weighted by Gasteiger charge is 2.11. The lowest BCUT2D eigenvalue weighted by Gasteiger charge is -2.06. The van der Waals surface area contributed by atoms with Crippen LogP contribution in [0.3, 0.4) is 0 Å². The zero-order chi connectivity index (χ0) is 15.4. The number of carbonyl (C=O) groups is 1. The van der Waals surface area contributed by atoms with Crippen LogP contribution in [0.25, 0.3) is 11.6 Å². The molecule has 1 N–H and O–H groups in total. The topological polar surface area (TPSA) is 37.3 Å². The van der Waals surface area contributed by atoms with Gasteiger partial charge in [0.05, 0.1) is 5.57 Å². The second-order valence-corrected chi connectivity index (χ2v) is 5.42.